The first-order valence-corrected chi connectivity index (χ1v) is 0. The molecule has 0 saturated carbocycles. The summed E-state index contributed by atoms with van der Waals surface area (Å²) in [7, 11) is 0. The first-order chi connectivity index (χ1) is 0. The van der Waals surface area contributed by atoms with E-state index in [1.165, 1.54) is 0 Å². The predicted octanol–water partition coefficient (Wildman–Crippen LogP) is -1.84. The Morgan fingerprint density at radius 1 is 0.500 bits per heavy atom. The first kappa shape index (κ1) is 42.6. The van der Waals surface area contributed by atoms with E-state index in [4.69, 9.17) is 0 Å². The summed E-state index contributed by atoms with van der Waals surface area (Å²) in [6.45, 7) is 0. The van der Waals surface area contributed by atoms with Gasteiger partial charge in [0.2, 0.25) is 0 Å². The van der Waals surface area contributed by atoms with Crippen molar-refractivity contribution < 1.29 is 0 Å². The van der Waals surface area contributed by atoms with Crippen molar-refractivity contribution in [2.75, 3.05) is 0 Å². The quantitative estimate of drug-likeness (QED) is 0.426. The van der Waals surface area contributed by atoms with Gasteiger partial charge in [-0.15, -0.1) is 0 Å². The summed E-state index contributed by atoms with van der Waals surface area (Å²) in [4.78, 5) is 0. The van der Waals surface area contributed by atoms with E-state index in [0.717, 1.165) is 0 Å². The van der Waals surface area contributed by atoms with E-state index in [1.807, 2.05) is 0 Å². The Labute approximate surface area is 60.9 Å². The maximum atomic E-state index is 0. The normalized spacial score (nSPS) is 0. The van der Waals surface area contributed by atoms with Crippen LogP contribution in [0.3, 0.4) is 0 Å². The molecule has 0 amide bonds. The Kier molecular flexibility index (Phi) is 233. The van der Waals surface area contributed by atoms with Gasteiger partial charge in [0.15, 0.2) is 0 Å². The van der Waals surface area contributed by atoms with Gasteiger partial charge in [0.25, 0.3) is 0 Å². The van der Waals surface area contributed by atoms with Crippen LogP contribution < -0.4 is 0 Å². The van der Waals surface area contributed by atoms with Crippen LogP contribution in [0.25, 0.3) is 0 Å². The topological polar surface area (TPSA) is 0 Å². The molecule has 0 aromatic rings. The van der Waals surface area contributed by atoms with Crippen molar-refractivity contribution in [3.05, 3.63) is 0 Å². The molecule has 0 unspecified atom stereocenters. The number of rotatable bonds is 0. The minimum atomic E-state index is 0. The van der Waals surface area contributed by atoms with Crippen molar-refractivity contribution in [3.63, 3.8) is 0 Å². The van der Waals surface area contributed by atoms with E-state index in [0.29, 0.717) is 0 Å². The fourth-order valence-corrected chi connectivity index (χ4v) is 0. The summed E-state index contributed by atoms with van der Waals surface area (Å²) in [5.74, 6) is 0. The Hall–Kier alpha value is 1.74. The molecule has 4 heteroatoms. The summed E-state index contributed by atoms with van der Waals surface area (Å²) in [6.07, 6.45) is 0. The molecule has 0 aliphatic heterocycles. The van der Waals surface area contributed by atoms with E-state index < -0.39 is 0 Å². The summed E-state index contributed by atoms with van der Waals surface area (Å²) in [5.41, 5.74) is 0. The molecule has 0 bridgehead atoms. The Morgan fingerprint density at radius 2 is 0.500 bits per heavy atom. The third-order valence-corrected chi connectivity index (χ3v) is 0. The van der Waals surface area contributed by atoms with Crippen LogP contribution in [0.4, 0.5) is 0 Å². The van der Waals surface area contributed by atoms with Gasteiger partial charge in [0, 0.05) is 0 Å². The van der Waals surface area contributed by atoms with E-state index in [2.05, 4.69) is 0 Å². The molecule has 0 saturated heterocycles. The standard InChI is InChI=1S/2S.2H2Se/h;;2*1H2/q2*-2;2*+2. The molecule has 0 spiro atoms. The molecule has 0 aliphatic carbocycles. The molecule has 0 fully saturated rings. The Bertz CT molecular complexity index is 4.00. The molecule has 0 atom stereocenters. The van der Waals surface area contributed by atoms with Crippen LogP contribution in [0.1, 0.15) is 0 Å². The molecule has 0 aromatic heterocycles. The summed E-state index contributed by atoms with van der Waals surface area (Å²) >= 11 is 0. The zero-order valence-corrected chi connectivity index (χ0v) is 7.65. The predicted molar refractivity (Wildman–Crippen MR) is 31.8 cm³/mol. The van der Waals surface area contributed by atoms with Gasteiger partial charge in [-0.3, -0.25) is 0 Å². The van der Waals surface area contributed by atoms with E-state index in [9.17, 15) is 0 Å². The van der Waals surface area contributed by atoms with Crippen molar-refractivity contribution in [1.82, 2.24) is 0 Å². The van der Waals surface area contributed by atoms with Crippen molar-refractivity contribution in [2.24, 2.45) is 0 Å². The second-order valence-corrected chi connectivity index (χ2v) is 0. The van der Waals surface area contributed by atoms with Crippen LogP contribution in [0, 0.1) is 0 Å². The van der Waals surface area contributed by atoms with E-state index in [1.54, 1.807) is 0 Å². The van der Waals surface area contributed by atoms with Crippen LogP contribution in [0.15, 0.2) is 0 Å². The first-order valence-electron chi connectivity index (χ1n) is 0. The Balaban J connectivity index is 0. The van der Waals surface area contributed by atoms with Gasteiger partial charge in [-0.1, -0.05) is 0 Å². The zero-order valence-electron chi connectivity index (χ0n) is 1.82. The third-order valence-electron chi connectivity index (χ3n) is 0. The third kappa shape index (κ3) is 9.28. The van der Waals surface area contributed by atoms with Crippen LogP contribution in [0.5, 0.6) is 0 Å². The summed E-state index contributed by atoms with van der Waals surface area (Å²) in [6, 6.07) is 0. The summed E-state index contributed by atoms with van der Waals surface area (Å²) in [5, 5.41) is 0. The molecule has 0 N–H and O–H groups in total. The second kappa shape index (κ2) is 21.9. The number of hydrogen-bond acceptors (Lipinski definition) is 0. The molecule has 4 radical (unpaired) electrons. The molecule has 4 heavy (non-hydrogen) atoms. The molecule has 0 heterocycles. The van der Waals surface area contributed by atoms with Gasteiger partial charge in [0.1, 0.15) is 0 Å². The Morgan fingerprint density at radius 3 is 0.500 bits per heavy atom. The summed E-state index contributed by atoms with van der Waals surface area (Å²) < 4.78 is 0. The van der Waals surface area contributed by atoms with Gasteiger partial charge in [0.05, 0.1) is 0 Å². The molecule has 0 aliphatic rings. The van der Waals surface area contributed by atoms with Crippen molar-refractivity contribution in [1.29, 1.82) is 0 Å². The molecule has 28 valence electrons. The van der Waals surface area contributed by atoms with Crippen molar-refractivity contribution in [3.8, 4) is 0 Å². The average Bonchev–Trinajstić information content (AvgIpc) is 0. The molecule has 0 aromatic carbocycles. The van der Waals surface area contributed by atoms with Gasteiger partial charge in [-0.05, 0) is 0 Å². The number of hydrogen-bond donors (Lipinski definition) is 0. The monoisotopic (exact) mass is 228 g/mol. The minimum absolute atomic E-state index is 0. The fraction of sp³-hybridized carbons (Fsp3) is 0. The average molecular weight is 226 g/mol. The van der Waals surface area contributed by atoms with Gasteiger partial charge >= 0.3 is 34.1 Å². The SMILES string of the molecule is [S-2].[S-2].[SeH2+2].[SeH2+2]. The molecule has 0 nitrogen and oxygen atoms in total. The maximum absolute atomic E-state index is 0. The van der Waals surface area contributed by atoms with Gasteiger partial charge in [-0.2, -0.15) is 0 Å². The van der Waals surface area contributed by atoms with Crippen molar-refractivity contribution in [2.45, 2.75) is 0 Å². The van der Waals surface area contributed by atoms with Crippen LogP contribution in [0.2, 0.25) is 0 Å². The van der Waals surface area contributed by atoms with Crippen LogP contribution in [-0.4, -0.2) is 34.1 Å². The fourth-order valence-electron chi connectivity index (χ4n) is 0. The van der Waals surface area contributed by atoms with Gasteiger partial charge in [-0.25, -0.2) is 0 Å². The molecular formula is H4S2Se2. The molecule has 0 rings (SSSR count). The van der Waals surface area contributed by atoms with Crippen LogP contribution >= 0.6 is 0 Å². The second-order valence-electron chi connectivity index (χ2n) is 0. The molecular weight excluding hydrogens is 222 g/mol. The van der Waals surface area contributed by atoms with Crippen LogP contribution in [-0.2, 0) is 27.0 Å². The van der Waals surface area contributed by atoms with Crippen molar-refractivity contribution >= 4 is 61.1 Å². The van der Waals surface area contributed by atoms with E-state index in [-0.39, 0.29) is 61.1 Å². The van der Waals surface area contributed by atoms with Gasteiger partial charge < -0.3 is 27.0 Å². The zero-order chi connectivity index (χ0) is 0. The van der Waals surface area contributed by atoms with E-state index >= 15 is 0 Å².